The molecule has 0 saturated carbocycles. The highest BCUT2D eigenvalue weighted by Crippen LogP contribution is 2.15. The van der Waals surface area contributed by atoms with Crippen LogP contribution < -0.4 is 16.6 Å². The molecular formula is C11H17N5O4. The van der Waals surface area contributed by atoms with Gasteiger partial charge in [0.15, 0.2) is 11.2 Å². The van der Waals surface area contributed by atoms with Crippen LogP contribution in [0.2, 0.25) is 0 Å². The summed E-state index contributed by atoms with van der Waals surface area (Å²) in [7, 11) is 4.51. The molecule has 9 nitrogen and oxygen atoms in total. The van der Waals surface area contributed by atoms with Crippen LogP contribution in [0.5, 0.6) is 0 Å². The Morgan fingerprint density at radius 1 is 1.30 bits per heavy atom. The van der Waals surface area contributed by atoms with E-state index in [0.717, 1.165) is 4.57 Å². The van der Waals surface area contributed by atoms with Crippen molar-refractivity contribution >= 4 is 17.1 Å². The highest BCUT2D eigenvalue weighted by atomic mass is 16.3. The zero-order chi connectivity index (χ0) is 15.0. The number of aliphatic hydroxyl groups excluding tert-OH is 2. The second-order valence-electron chi connectivity index (χ2n) is 4.51. The molecule has 2 heterocycles. The topological polar surface area (TPSA) is 114 Å². The fourth-order valence-electron chi connectivity index (χ4n) is 2.08. The Labute approximate surface area is 113 Å². The highest BCUT2D eigenvalue weighted by Gasteiger charge is 2.19. The third-order valence-corrected chi connectivity index (χ3v) is 3.18. The Balaban J connectivity index is 2.86. The molecule has 3 N–H and O–H groups in total. The van der Waals surface area contributed by atoms with Crippen LogP contribution in [0.4, 0.5) is 5.95 Å². The number of anilines is 1. The number of rotatable bonds is 4. The number of hydrogen-bond donors (Lipinski definition) is 3. The van der Waals surface area contributed by atoms with E-state index >= 15 is 0 Å². The minimum atomic E-state index is -1.03. The summed E-state index contributed by atoms with van der Waals surface area (Å²) in [5.41, 5.74) is -0.543. The van der Waals surface area contributed by atoms with Gasteiger partial charge in [0.1, 0.15) is 0 Å². The van der Waals surface area contributed by atoms with Gasteiger partial charge in [0.05, 0.1) is 19.3 Å². The van der Waals surface area contributed by atoms with E-state index in [4.69, 9.17) is 5.11 Å². The lowest BCUT2D eigenvalue weighted by Gasteiger charge is -2.12. The Morgan fingerprint density at radius 3 is 2.50 bits per heavy atom. The zero-order valence-electron chi connectivity index (χ0n) is 11.5. The first-order valence-electron chi connectivity index (χ1n) is 6.05. The maximum Gasteiger partial charge on any atom is 0.332 e. The smallest absolute Gasteiger partial charge is 0.332 e. The molecule has 0 saturated heterocycles. The number of imidazole rings is 1. The van der Waals surface area contributed by atoms with Crippen LogP contribution in [0.1, 0.15) is 0 Å². The number of nitrogens with zero attached hydrogens (tertiary/aromatic N) is 4. The van der Waals surface area contributed by atoms with Crippen molar-refractivity contribution in [1.29, 1.82) is 0 Å². The summed E-state index contributed by atoms with van der Waals surface area (Å²) >= 11 is 0. The van der Waals surface area contributed by atoms with Gasteiger partial charge < -0.3 is 20.1 Å². The molecule has 1 atom stereocenters. The first-order chi connectivity index (χ1) is 9.42. The van der Waals surface area contributed by atoms with Gasteiger partial charge >= 0.3 is 5.69 Å². The molecule has 20 heavy (non-hydrogen) atoms. The summed E-state index contributed by atoms with van der Waals surface area (Å²) < 4.78 is 3.70. The van der Waals surface area contributed by atoms with Gasteiger partial charge in [-0.2, -0.15) is 4.98 Å². The fraction of sp³-hybridized carbons (Fsp3) is 0.545. The van der Waals surface area contributed by atoms with Crippen LogP contribution in [0.3, 0.4) is 0 Å². The molecule has 0 bridgehead atoms. The number of aliphatic hydroxyl groups is 2. The predicted molar refractivity (Wildman–Crippen MR) is 72.9 cm³/mol. The molecule has 9 heteroatoms. The van der Waals surface area contributed by atoms with E-state index in [1.54, 1.807) is 7.05 Å². The summed E-state index contributed by atoms with van der Waals surface area (Å²) in [6, 6.07) is 0. The van der Waals surface area contributed by atoms with Gasteiger partial charge in [-0.3, -0.25) is 13.9 Å². The lowest BCUT2D eigenvalue weighted by molar-refractivity contribution is 0.0825. The molecule has 0 aromatic carbocycles. The van der Waals surface area contributed by atoms with Gasteiger partial charge in [-0.05, 0) is 0 Å². The average Bonchev–Trinajstić information content (AvgIpc) is 2.81. The fourth-order valence-corrected chi connectivity index (χ4v) is 2.08. The molecule has 0 aliphatic heterocycles. The van der Waals surface area contributed by atoms with E-state index in [9.17, 15) is 14.7 Å². The van der Waals surface area contributed by atoms with Crippen molar-refractivity contribution in [3.63, 3.8) is 0 Å². The largest absolute Gasteiger partial charge is 0.394 e. The SMILES string of the molecule is CNc1nc2c(c(=O)n(C)c(=O)n2C)n1CC(O)CO. The minimum Gasteiger partial charge on any atom is -0.394 e. The van der Waals surface area contributed by atoms with E-state index < -0.39 is 24.0 Å². The molecule has 0 radical (unpaired) electrons. The number of nitrogens with one attached hydrogen (secondary N) is 1. The molecule has 0 spiro atoms. The van der Waals surface area contributed by atoms with Crippen molar-refractivity contribution < 1.29 is 10.2 Å². The van der Waals surface area contributed by atoms with Crippen LogP contribution >= 0.6 is 0 Å². The zero-order valence-corrected chi connectivity index (χ0v) is 11.5. The second-order valence-corrected chi connectivity index (χ2v) is 4.51. The van der Waals surface area contributed by atoms with Crippen molar-refractivity contribution in [3.05, 3.63) is 20.8 Å². The molecule has 2 rings (SSSR count). The monoisotopic (exact) mass is 283 g/mol. The van der Waals surface area contributed by atoms with E-state index in [-0.39, 0.29) is 17.7 Å². The van der Waals surface area contributed by atoms with Crippen molar-refractivity contribution in [2.24, 2.45) is 14.1 Å². The Bertz CT molecular complexity index is 757. The number of fused-ring (bicyclic) bond motifs is 1. The summed E-state index contributed by atoms with van der Waals surface area (Å²) in [6.07, 6.45) is -1.03. The lowest BCUT2D eigenvalue weighted by Crippen LogP contribution is -2.38. The number of aromatic nitrogens is 4. The van der Waals surface area contributed by atoms with Crippen molar-refractivity contribution in [1.82, 2.24) is 18.7 Å². The van der Waals surface area contributed by atoms with Crippen LogP contribution in [0, 0.1) is 0 Å². The quantitative estimate of drug-likeness (QED) is 0.588. The van der Waals surface area contributed by atoms with Crippen LogP contribution in [-0.2, 0) is 20.6 Å². The molecule has 2 aromatic rings. The van der Waals surface area contributed by atoms with Crippen LogP contribution in [0.25, 0.3) is 11.2 Å². The first kappa shape index (κ1) is 14.3. The van der Waals surface area contributed by atoms with Gasteiger partial charge in [-0.25, -0.2) is 4.79 Å². The van der Waals surface area contributed by atoms with Gasteiger partial charge in [-0.15, -0.1) is 0 Å². The minimum absolute atomic E-state index is 0.00336. The third kappa shape index (κ3) is 2.00. The molecule has 0 aliphatic rings. The Hall–Kier alpha value is -2.13. The van der Waals surface area contributed by atoms with E-state index in [2.05, 4.69) is 10.3 Å². The standard InChI is InChI=1S/C11H17N5O4/c1-12-10-13-8-7(16(10)4-6(18)5-17)9(19)15(3)11(20)14(8)2/h6,17-18H,4-5H2,1-3H3,(H,12,13). The van der Waals surface area contributed by atoms with Gasteiger partial charge in [0.25, 0.3) is 5.56 Å². The van der Waals surface area contributed by atoms with Crippen molar-refractivity contribution in [2.75, 3.05) is 19.0 Å². The summed E-state index contributed by atoms with van der Waals surface area (Å²) in [4.78, 5) is 28.3. The van der Waals surface area contributed by atoms with Crippen LogP contribution in [0.15, 0.2) is 9.59 Å². The Morgan fingerprint density at radius 2 is 1.95 bits per heavy atom. The molecule has 1 unspecified atom stereocenters. The van der Waals surface area contributed by atoms with Gasteiger partial charge in [-0.1, -0.05) is 0 Å². The van der Waals surface area contributed by atoms with E-state index in [0.29, 0.717) is 5.95 Å². The molecule has 0 amide bonds. The summed E-state index contributed by atoms with van der Waals surface area (Å²) in [5, 5.41) is 21.3. The molecular weight excluding hydrogens is 266 g/mol. The second kappa shape index (κ2) is 5.10. The maximum atomic E-state index is 12.2. The molecule has 0 fully saturated rings. The van der Waals surface area contributed by atoms with Crippen molar-refractivity contribution in [2.45, 2.75) is 12.6 Å². The van der Waals surface area contributed by atoms with Crippen LogP contribution in [-0.4, -0.2) is 48.7 Å². The average molecular weight is 283 g/mol. The first-order valence-corrected chi connectivity index (χ1v) is 6.05. The van der Waals surface area contributed by atoms with Crippen molar-refractivity contribution in [3.8, 4) is 0 Å². The highest BCUT2D eigenvalue weighted by molar-refractivity contribution is 5.74. The summed E-state index contributed by atoms with van der Waals surface area (Å²) in [5.74, 6) is 0.339. The third-order valence-electron chi connectivity index (χ3n) is 3.18. The van der Waals surface area contributed by atoms with Gasteiger partial charge in [0.2, 0.25) is 5.95 Å². The van der Waals surface area contributed by atoms with E-state index in [1.165, 1.54) is 23.2 Å². The maximum absolute atomic E-state index is 12.2. The molecule has 110 valence electrons. The summed E-state index contributed by atoms with van der Waals surface area (Å²) in [6.45, 7) is -0.439. The van der Waals surface area contributed by atoms with E-state index in [1.807, 2.05) is 0 Å². The number of aryl methyl sites for hydroxylation is 1. The number of hydrogen-bond acceptors (Lipinski definition) is 6. The Kier molecular flexibility index (Phi) is 3.64. The predicted octanol–water partition coefficient (Wildman–Crippen LogP) is -2.17. The molecule has 0 aliphatic carbocycles. The normalized spacial score (nSPS) is 12.8. The van der Waals surface area contributed by atoms with Gasteiger partial charge in [0, 0.05) is 21.1 Å². The lowest BCUT2D eigenvalue weighted by atomic mass is 10.3. The molecule has 2 aromatic heterocycles.